The number of pyridine rings is 1. The van der Waals surface area contributed by atoms with E-state index in [0.717, 1.165) is 27.9 Å². The van der Waals surface area contributed by atoms with E-state index in [2.05, 4.69) is 38.1 Å². The molecule has 26 heavy (non-hydrogen) atoms. The molecule has 2 aromatic heterocycles. The molecule has 132 valence electrons. The normalized spacial score (nSPS) is 19.5. The van der Waals surface area contributed by atoms with Gasteiger partial charge in [0, 0.05) is 25.1 Å². The number of hydrogen-bond acceptors (Lipinski definition) is 3. The number of thiocarbonyl (C=S) groups is 1. The van der Waals surface area contributed by atoms with Crippen LogP contribution in [0.5, 0.6) is 5.75 Å². The smallest absolute Gasteiger partial charge is 0.169 e. The molecule has 1 aliphatic heterocycles. The third kappa shape index (κ3) is 2.72. The van der Waals surface area contributed by atoms with Gasteiger partial charge in [-0.1, -0.05) is 18.2 Å². The number of nitrogens with zero attached hydrogens (tertiary/aromatic N) is 3. The Bertz CT molecular complexity index is 924. The molecule has 5 nitrogen and oxygen atoms in total. The molecule has 0 bridgehead atoms. The fourth-order valence-corrected chi connectivity index (χ4v) is 3.75. The van der Waals surface area contributed by atoms with Gasteiger partial charge in [-0.2, -0.15) is 0 Å². The van der Waals surface area contributed by atoms with E-state index in [0.29, 0.717) is 0 Å². The molecule has 6 heteroatoms. The second-order valence-corrected chi connectivity index (χ2v) is 6.60. The molecule has 0 spiro atoms. The van der Waals surface area contributed by atoms with Crippen molar-refractivity contribution in [3.8, 4) is 11.4 Å². The Morgan fingerprint density at radius 3 is 2.65 bits per heavy atom. The molecule has 1 fully saturated rings. The monoisotopic (exact) mass is 364 g/mol. The summed E-state index contributed by atoms with van der Waals surface area (Å²) in [5.74, 6) is 0.829. The lowest BCUT2D eigenvalue weighted by Gasteiger charge is -2.26. The first-order valence-electron chi connectivity index (χ1n) is 8.45. The summed E-state index contributed by atoms with van der Waals surface area (Å²) in [6.07, 6.45) is 3.87. The van der Waals surface area contributed by atoms with E-state index in [1.54, 1.807) is 7.11 Å². The molecule has 1 aromatic carbocycles. The molecule has 0 saturated carbocycles. The average Bonchev–Trinajstić information content (AvgIpc) is 3.27. The summed E-state index contributed by atoms with van der Waals surface area (Å²) in [5.41, 5.74) is 3.10. The van der Waals surface area contributed by atoms with Gasteiger partial charge in [0.1, 0.15) is 5.75 Å². The number of hydrogen-bond donors (Lipinski definition) is 1. The van der Waals surface area contributed by atoms with Gasteiger partial charge in [-0.15, -0.1) is 0 Å². The van der Waals surface area contributed by atoms with E-state index < -0.39 is 0 Å². The molecular formula is C20H20N4OS. The van der Waals surface area contributed by atoms with Crippen LogP contribution in [-0.2, 0) is 0 Å². The predicted molar refractivity (Wildman–Crippen MR) is 106 cm³/mol. The van der Waals surface area contributed by atoms with Crippen LogP contribution in [0.4, 0.5) is 0 Å². The highest BCUT2D eigenvalue weighted by atomic mass is 32.1. The average molecular weight is 364 g/mol. The minimum absolute atomic E-state index is 0.0166. The summed E-state index contributed by atoms with van der Waals surface area (Å²) in [7, 11) is 3.71. The number of likely N-dealkylation sites (N-methyl/N-ethyl adjacent to an activating group) is 1. The highest BCUT2D eigenvalue weighted by molar-refractivity contribution is 7.80. The second kappa shape index (κ2) is 6.80. The minimum Gasteiger partial charge on any atom is -0.495 e. The van der Waals surface area contributed by atoms with Crippen molar-refractivity contribution in [2.24, 2.45) is 0 Å². The van der Waals surface area contributed by atoms with Crippen LogP contribution in [0, 0.1) is 0 Å². The van der Waals surface area contributed by atoms with E-state index in [1.165, 1.54) is 0 Å². The van der Waals surface area contributed by atoms with Crippen molar-refractivity contribution in [1.82, 2.24) is 19.8 Å². The molecule has 4 rings (SSSR count). The van der Waals surface area contributed by atoms with Crippen LogP contribution in [-0.4, -0.2) is 33.7 Å². The van der Waals surface area contributed by atoms with Crippen LogP contribution < -0.4 is 10.1 Å². The Labute approximate surface area is 158 Å². The van der Waals surface area contributed by atoms with Crippen LogP contribution in [0.1, 0.15) is 23.5 Å². The highest BCUT2D eigenvalue weighted by Gasteiger charge is 2.39. The van der Waals surface area contributed by atoms with Crippen LogP contribution in [0.25, 0.3) is 5.69 Å². The van der Waals surface area contributed by atoms with E-state index in [9.17, 15) is 0 Å². The van der Waals surface area contributed by atoms with Crippen LogP contribution >= 0.6 is 12.2 Å². The third-order valence-corrected chi connectivity index (χ3v) is 5.17. The number of rotatable bonds is 4. The Kier molecular flexibility index (Phi) is 4.34. The van der Waals surface area contributed by atoms with Gasteiger partial charge in [-0.05, 0) is 48.6 Å². The van der Waals surface area contributed by atoms with Crippen molar-refractivity contribution in [3.05, 3.63) is 78.4 Å². The number of para-hydroxylation sites is 2. The zero-order chi connectivity index (χ0) is 18.1. The van der Waals surface area contributed by atoms with Gasteiger partial charge >= 0.3 is 0 Å². The summed E-state index contributed by atoms with van der Waals surface area (Å²) >= 11 is 5.53. The molecule has 0 amide bonds. The number of nitrogens with one attached hydrogen (secondary N) is 1. The number of aromatic nitrogens is 2. The number of ether oxygens (including phenoxy) is 1. The Balaban J connectivity index is 1.82. The lowest BCUT2D eigenvalue weighted by Crippen LogP contribution is -2.26. The molecule has 0 aliphatic carbocycles. The van der Waals surface area contributed by atoms with Crippen molar-refractivity contribution < 1.29 is 4.74 Å². The summed E-state index contributed by atoms with van der Waals surface area (Å²) in [6.45, 7) is 0. The van der Waals surface area contributed by atoms with Crippen molar-refractivity contribution >= 4 is 17.3 Å². The van der Waals surface area contributed by atoms with Crippen LogP contribution in [0.15, 0.2) is 67.0 Å². The first-order chi connectivity index (χ1) is 12.7. The summed E-state index contributed by atoms with van der Waals surface area (Å²) in [4.78, 5) is 6.64. The minimum atomic E-state index is -0.0166. The zero-order valence-corrected chi connectivity index (χ0v) is 15.5. The Morgan fingerprint density at radius 1 is 1.08 bits per heavy atom. The van der Waals surface area contributed by atoms with E-state index in [4.69, 9.17) is 17.0 Å². The summed E-state index contributed by atoms with van der Waals surface area (Å²) in [5, 5.41) is 4.14. The molecule has 1 N–H and O–H groups in total. The molecule has 0 unspecified atom stereocenters. The van der Waals surface area contributed by atoms with Gasteiger partial charge < -0.3 is 19.5 Å². The van der Waals surface area contributed by atoms with Crippen molar-refractivity contribution in [2.75, 3.05) is 14.2 Å². The van der Waals surface area contributed by atoms with Crippen molar-refractivity contribution in [3.63, 3.8) is 0 Å². The van der Waals surface area contributed by atoms with Crippen molar-refractivity contribution in [1.29, 1.82) is 0 Å². The first-order valence-corrected chi connectivity index (χ1v) is 8.86. The molecular weight excluding hydrogens is 344 g/mol. The van der Waals surface area contributed by atoms with Gasteiger partial charge in [-0.3, -0.25) is 4.98 Å². The Morgan fingerprint density at radius 2 is 1.88 bits per heavy atom. The zero-order valence-electron chi connectivity index (χ0n) is 14.7. The molecule has 1 aliphatic rings. The van der Waals surface area contributed by atoms with Gasteiger partial charge in [0.15, 0.2) is 5.11 Å². The molecule has 3 heterocycles. The largest absolute Gasteiger partial charge is 0.495 e. The lowest BCUT2D eigenvalue weighted by molar-refractivity contribution is 0.355. The fourth-order valence-electron chi connectivity index (χ4n) is 3.51. The highest BCUT2D eigenvalue weighted by Crippen LogP contribution is 2.39. The second-order valence-electron chi connectivity index (χ2n) is 6.21. The van der Waals surface area contributed by atoms with E-state index >= 15 is 0 Å². The maximum atomic E-state index is 5.56. The lowest BCUT2D eigenvalue weighted by atomic mass is 10.0. The fraction of sp³-hybridized carbons (Fsp3) is 0.200. The number of methoxy groups -OCH3 is 1. The Hall–Kier alpha value is -2.86. The third-order valence-electron chi connectivity index (χ3n) is 4.77. The predicted octanol–water partition coefficient (Wildman–Crippen LogP) is 3.48. The van der Waals surface area contributed by atoms with Gasteiger partial charge in [-0.25, -0.2) is 0 Å². The molecule has 2 atom stereocenters. The molecule has 3 aromatic rings. The van der Waals surface area contributed by atoms with E-state index in [1.807, 2.05) is 55.7 Å². The maximum Gasteiger partial charge on any atom is 0.169 e. The summed E-state index contributed by atoms with van der Waals surface area (Å²) < 4.78 is 7.72. The van der Waals surface area contributed by atoms with Crippen molar-refractivity contribution in [2.45, 2.75) is 12.1 Å². The van der Waals surface area contributed by atoms with Gasteiger partial charge in [0.05, 0.1) is 30.6 Å². The van der Waals surface area contributed by atoms with Crippen LogP contribution in [0.3, 0.4) is 0 Å². The first kappa shape index (κ1) is 16.6. The van der Waals surface area contributed by atoms with Crippen LogP contribution in [0.2, 0.25) is 0 Å². The number of benzene rings is 1. The summed E-state index contributed by atoms with van der Waals surface area (Å²) in [6, 6.07) is 18.1. The van der Waals surface area contributed by atoms with E-state index in [-0.39, 0.29) is 12.1 Å². The SMILES string of the molecule is COc1ccccc1-n1cccc1[C@H]1[C@H](c2ccccn2)NC(=S)N1C. The topological polar surface area (TPSA) is 42.3 Å². The van der Waals surface area contributed by atoms with Gasteiger partial charge in [0.2, 0.25) is 0 Å². The molecule has 1 saturated heterocycles. The maximum absolute atomic E-state index is 5.56. The van der Waals surface area contributed by atoms with Gasteiger partial charge in [0.25, 0.3) is 0 Å². The quantitative estimate of drug-likeness (QED) is 0.718. The standard InChI is InChI=1S/C20H20N4OS/c1-23-19(18(22-20(23)26)14-8-5-6-12-21-14)16-10-7-13-24(16)15-9-3-4-11-17(15)25-2/h3-13,18-19H,1-2H3,(H,22,26)/t18-,19-/m0/s1. The molecule has 0 radical (unpaired) electrons.